The van der Waals surface area contributed by atoms with Gasteiger partial charge in [-0.25, -0.2) is 0 Å². The Balaban J connectivity index is 1.18. The number of fused-ring (bicyclic) bond motifs is 3. The first-order valence-electron chi connectivity index (χ1n) is 25.0. The molecule has 0 radical (unpaired) electrons. The molecular formula is C54H80O7. The summed E-state index contributed by atoms with van der Waals surface area (Å²) >= 11 is 0. The van der Waals surface area contributed by atoms with E-state index < -0.39 is 51.0 Å². The van der Waals surface area contributed by atoms with Crippen molar-refractivity contribution in [1.82, 2.24) is 0 Å². The van der Waals surface area contributed by atoms with E-state index in [-0.39, 0.29) is 41.1 Å². The number of carboxylic acid groups (broad SMARTS) is 1. The average molecular weight is 841 g/mol. The Kier molecular flexibility index (Phi) is 11.1. The summed E-state index contributed by atoms with van der Waals surface area (Å²) in [6.45, 7) is 12.2. The zero-order chi connectivity index (χ0) is 43.3. The van der Waals surface area contributed by atoms with E-state index in [1.165, 1.54) is 50.5 Å². The Labute approximate surface area is 367 Å². The van der Waals surface area contributed by atoms with Crippen molar-refractivity contribution in [1.29, 1.82) is 0 Å². The second-order valence-electron chi connectivity index (χ2n) is 23.8. The summed E-state index contributed by atoms with van der Waals surface area (Å²) in [6.07, 6.45) is 20.4. The molecule has 7 fully saturated rings. The molecule has 0 amide bonds. The Hall–Kier alpha value is -1.95. The highest BCUT2D eigenvalue weighted by Crippen LogP contribution is 2.87. The molecule has 8 aliphatic rings. The highest BCUT2D eigenvalue weighted by molar-refractivity contribution is 5.74. The van der Waals surface area contributed by atoms with Gasteiger partial charge in [0, 0.05) is 42.1 Å². The van der Waals surface area contributed by atoms with E-state index in [9.17, 15) is 25.2 Å². The SMILES string of the molecule is COCCc1ccc(C[C@@H]2O[C@@]3(O)C[C@@H](O)[C@]4(CO)[C@]2(CC[C@@]25C#CC[C@@H](CCC6CCCCC6)CC[C@]6(CC[C@]24C)[C@@H]2C[C@](C)(C(=O)O)CC[C@]2(C)CC[C@@]65C)[C@H]3C)cc1. The molecular weight excluding hydrogens is 761 g/mol. The number of benzene rings is 1. The molecule has 6 saturated carbocycles. The van der Waals surface area contributed by atoms with E-state index in [0.29, 0.717) is 31.8 Å². The fraction of sp³-hybridized carbons (Fsp3) is 0.833. The second kappa shape index (κ2) is 15.3. The summed E-state index contributed by atoms with van der Waals surface area (Å²) < 4.78 is 12.3. The Morgan fingerprint density at radius 1 is 0.836 bits per heavy atom. The maximum atomic E-state index is 13.2. The zero-order valence-electron chi connectivity index (χ0n) is 38.8. The van der Waals surface area contributed by atoms with Crippen molar-refractivity contribution >= 4 is 5.97 Å². The van der Waals surface area contributed by atoms with Crippen LogP contribution in [-0.2, 0) is 27.1 Å². The van der Waals surface area contributed by atoms with Crippen molar-refractivity contribution in [3.05, 3.63) is 35.4 Å². The molecule has 0 aromatic heterocycles. The third-order valence-electron chi connectivity index (χ3n) is 22.0. The van der Waals surface area contributed by atoms with Crippen LogP contribution in [0, 0.1) is 78.8 Å². The molecule has 4 bridgehead atoms. The van der Waals surface area contributed by atoms with E-state index in [1.807, 2.05) is 6.92 Å². The van der Waals surface area contributed by atoms with E-state index in [1.54, 1.807) is 7.11 Å². The van der Waals surface area contributed by atoms with Crippen LogP contribution < -0.4 is 0 Å². The molecule has 14 atom stereocenters. The van der Waals surface area contributed by atoms with E-state index in [2.05, 4.69) is 63.8 Å². The molecule has 7 nitrogen and oxygen atoms in total. The second-order valence-corrected chi connectivity index (χ2v) is 23.8. The molecule has 7 aliphatic carbocycles. The van der Waals surface area contributed by atoms with Gasteiger partial charge in [-0.05, 0) is 147 Å². The lowest BCUT2D eigenvalue weighted by molar-refractivity contribution is -0.355. The van der Waals surface area contributed by atoms with Gasteiger partial charge in [0.1, 0.15) is 0 Å². The van der Waals surface area contributed by atoms with Crippen LogP contribution in [0.3, 0.4) is 0 Å². The molecule has 4 N–H and O–H groups in total. The lowest BCUT2D eigenvalue weighted by Crippen LogP contribution is -2.80. The number of hydrogen-bond acceptors (Lipinski definition) is 6. The molecule has 0 unspecified atom stereocenters. The highest BCUT2D eigenvalue weighted by atomic mass is 16.6. The number of aliphatic hydroxyl groups is 3. The molecule has 1 heterocycles. The first-order chi connectivity index (χ1) is 29.0. The van der Waals surface area contributed by atoms with Crippen LogP contribution >= 0.6 is 0 Å². The van der Waals surface area contributed by atoms with Gasteiger partial charge in [-0.15, -0.1) is 5.92 Å². The minimum atomic E-state index is -1.49. The quantitative estimate of drug-likeness (QED) is 0.173. The van der Waals surface area contributed by atoms with Crippen LogP contribution in [0.1, 0.15) is 174 Å². The first-order valence-corrected chi connectivity index (χ1v) is 25.0. The van der Waals surface area contributed by atoms with Gasteiger partial charge in [-0.1, -0.05) is 96.4 Å². The summed E-state index contributed by atoms with van der Waals surface area (Å²) in [5.74, 6) is 7.43. The highest BCUT2D eigenvalue weighted by Gasteiger charge is 2.87. The molecule has 338 valence electrons. The molecule has 61 heavy (non-hydrogen) atoms. The van der Waals surface area contributed by atoms with Crippen molar-refractivity contribution < 1.29 is 34.7 Å². The summed E-state index contributed by atoms with van der Waals surface area (Å²) in [4.78, 5) is 13.2. The summed E-state index contributed by atoms with van der Waals surface area (Å²) in [5.41, 5.74) is -1.55. The van der Waals surface area contributed by atoms with Crippen molar-refractivity contribution in [2.75, 3.05) is 20.3 Å². The third-order valence-corrected chi connectivity index (χ3v) is 22.0. The lowest BCUT2D eigenvalue weighted by Gasteiger charge is -2.81. The number of aliphatic hydroxyl groups excluding tert-OH is 2. The Morgan fingerprint density at radius 3 is 2.23 bits per heavy atom. The molecule has 1 saturated heterocycles. The van der Waals surface area contributed by atoms with E-state index in [0.717, 1.165) is 82.1 Å². The maximum absolute atomic E-state index is 13.2. The van der Waals surface area contributed by atoms with Crippen LogP contribution in [0.15, 0.2) is 24.3 Å². The standard InChI is InChI=1S/C54H80O7/c1-37-52-31-30-51-22-10-13-39(15-14-38-11-8-7-9-12-38)20-23-50(42-34-47(3,45(57)58)25-24-46(42,2)26-27-48(50,51)4)29-28-49(51,5)53(52,36-55)43(56)35-54(37,59)61-44(52)33-41-18-16-40(17-19-41)21-32-60-6/h16-19,37-39,42-44,55-56,59H,7-9,11-15,20-21,23-36H2,1-6H3,(H,57,58)/t37-,39+,42-,43-,44+,46-,47-,48+,49-,50+,51-,52-,53+,54+/m1/s1. The van der Waals surface area contributed by atoms with Gasteiger partial charge in [0.2, 0.25) is 0 Å². The molecule has 1 aliphatic heterocycles. The van der Waals surface area contributed by atoms with Crippen molar-refractivity contribution in [2.45, 2.75) is 194 Å². The molecule has 7 heteroatoms. The van der Waals surface area contributed by atoms with Gasteiger partial charge in [-0.3, -0.25) is 4.79 Å². The topological polar surface area (TPSA) is 116 Å². The summed E-state index contributed by atoms with van der Waals surface area (Å²) in [7, 11) is 1.73. The van der Waals surface area contributed by atoms with Gasteiger partial charge in [0.05, 0.1) is 30.8 Å². The van der Waals surface area contributed by atoms with Crippen LogP contribution in [0.5, 0.6) is 0 Å². The van der Waals surface area contributed by atoms with E-state index >= 15 is 0 Å². The van der Waals surface area contributed by atoms with Crippen LogP contribution in [-0.4, -0.2) is 64.7 Å². The van der Waals surface area contributed by atoms with Crippen molar-refractivity contribution in [3.8, 4) is 11.8 Å². The number of methoxy groups -OCH3 is 1. The van der Waals surface area contributed by atoms with E-state index in [4.69, 9.17) is 9.47 Å². The van der Waals surface area contributed by atoms with Crippen LogP contribution in [0.4, 0.5) is 0 Å². The number of carboxylic acids is 1. The van der Waals surface area contributed by atoms with Crippen molar-refractivity contribution in [3.63, 3.8) is 0 Å². The normalized spacial score (nSPS) is 49.1. The van der Waals surface area contributed by atoms with Gasteiger partial charge >= 0.3 is 5.97 Å². The number of aliphatic carboxylic acids is 1. The lowest BCUT2D eigenvalue weighted by atomic mass is 9.21. The number of hydrogen-bond donors (Lipinski definition) is 4. The Bertz CT molecular complexity index is 1880. The average Bonchev–Trinajstić information content (AvgIpc) is 3.40. The zero-order valence-corrected chi connectivity index (χ0v) is 38.8. The van der Waals surface area contributed by atoms with Crippen LogP contribution in [0.25, 0.3) is 0 Å². The molecule has 1 aromatic rings. The summed E-state index contributed by atoms with van der Waals surface area (Å²) in [6, 6.07) is 8.71. The predicted octanol–water partition coefficient (Wildman–Crippen LogP) is 10.3. The maximum Gasteiger partial charge on any atom is 0.309 e. The van der Waals surface area contributed by atoms with Crippen molar-refractivity contribution in [2.24, 2.45) is 67.0 Å². The number of ether oxygens (including phenoxy) is 2. The summed E-state index contributed by atoms with van der Waals surface area (Å²) in [5, 5.41) is 48.9. The third kappa shape index (κ3) is 5.95. The molecule has 1 aromatic carbocycles. The fourth-order valence-corrected chi connectivity index (χ4v) is 18.2. The number of carbonyl (C=O) groups is 1. The monoisotopic (exact) mass is 841 g/mol. The van der Waals surface area contributed by atoms with Gasteiger partial charge in [0.15, 0.2) is 5.79 Å². The Morgan fingerprint density at radius 2 is 1.52 bits per heavy atom. The minimum Gasteiger partial charge on any atom is -0.481 e. The minimum absolute atomic E-state index is 0.0614. The molecule has 2 spiro atoms. The first kappa shape index (κ1) is 44.3. The number of rotatable bonds is 10. The van der Waals surface area contributed by atoms with Crippen LogP contribution in [0.2, 0.25) is 0 Å². The van der Waals surface area contributed by atoms with Gasteiger partial charge in [0.25, 0.3) is 0 Å². The smallest absolute Gasteiger partial charge is 0.309 e. The van der Waals surface area contributed by atoms with Gasteiger partial charge < -0.3 is 29.9 Å². The largest absolute Gasteiger partial charge is 0.481 e. The molecule has 9 rings (SSSR count). The fourth-order valence-electron chi connectivity index (χ4n) is 18.2. The van der Waals surface area contributed by atoms with Gasteiger partial charge in [-0.2, -0.15) is 0 Å². The predicted molar refractivity (Wildman–Crippen MR) is 238 cm³/mol.